The Morgan fingerprint density at radius 2 is 1.97 bits per heavy atom. The molecule has 4 atom stereocenters. The molecule has 10 heteroatoms. The van der Waals surface area contributed by atoms with Gasteiger partial charge in [-0.2, -0.15) is 5.26 Å². The first-order valence-electron chi connectivity index (χ1n) is 11.2. The summed E-state index contributed by atoms with van der Waals surface area (Å²) >= 11 is 12.3. The fraction of sp³-hybridized carbons (Fsp3) is 0.522. The highest BCUT2D eigenvalue weighted by molar-refractivity contribution is 6.38. The third kappa shape index (κ3) is 5.98. The number of amides is 2. The van der Waals surface area contributed by atoms with Crippen molar-refractivity contribution in [2.24, 2.45) is 11.8 Å². The fourth-order valence-electron chi connectivity index (χ4n) is 4.35. The highest BCUT2D eigenvalue weighted by Gasteiger charge is 2.33. The topological polar surface area (TPSA) is 130 Å². The number of aliphatic hydroxyl groups is 1. The summed E-state index contributed by atoms with van der Waals surface area (Å²) in [7, 11) is 0. The van der Waals surface area contributed by atoms with Crippen molar-refractivity contribution in [2.75, 3.05) is 6.54 Å². The molecule has 8 nitrogen and oxygen atoms in total. The summed E-state index contributed by atoms with van der Waals surface area (Å²) in [6.45, 7) is 0.738. The van der Waals surface area contributed by atoms with Crippen LogP contribution in [0.2, 0.25) is 10.0 Å². The molecule has 1 saturated heterocycles. The molecule has 2 aromatic rings. The van der Waals surface area contributed by atoms with Gasteiger partial charge in [-0.3, -0.25) is 14.9 Å². The summed E-state index contributed by atoms with van der Waals surface area (Å²) in [6.07, 6.45) is 3.91. The van der Waals surface area contributed by atoms with Crippen molar-refractivity contribution >= 4 is 45.9 Å². The molecule has 0 bridgehead atoms. The standard InChI is InChI=1S/C23H27Cl2N5O3/c24-15-7-14-9-19(29-20(14)17(25)10-15)23(33)30-18(6-12-3-4-12)22(32)28-16(11-26)8-13-2-1-5-27-21(13)31/h7,9-10,12-13,16,18,21,27,29,31H,1-6,8H2,(H,28,32)(H,30,33). The van der Waals surface area contributed by atoms with E-state index in [1.165, 1.54) is 0 Å². The molecular formula is C23H27Cl2N5O3. The summed E-state index contributed by atoms with van der Waals surface area (Å²) < 4.78 is 0. The molecule has 1 aromatic carbocycles. The van der Waals surface area contributed by atoms with Crippen LogP contribution in [0.15, 0.2) is 18.2 Å². The highest BCUT2D eigenvalue weighted by Crippen LogP contribution is 2.34. The van der Waals surface area contributed by atoms with Gasteiger partial charge < -0.3 is 20.7 Å². The van der Waals surface area contributed by atoms with Gasteiger partial charge in [0.05, 0.1) is 16.6 Å². The number of aliphatic hydroxyl groups excluding tert-OH is 1. The van der Waals surface area contributed by atoms with Gasteiger partial charge in [0, 0.05) is 16.3 Å². The van der Waals surface area contributed by atoms with E-state index in [1.807, 2.05) is 0 Å². The Bertz CT molecular complexity index is 1080. The van der Waals surface area contributed by atoms with Crippen molar-refractivity contribution in [3.8, 4) is 6.07 Å². The number of aromatic amines is 1. The number of halogens is 2. The maximum atomic E-state index is 13.0. The van der Waals surface area contributed by atoms with Crippen LogP contribution in [0.4, 0.5) is 0 Å². The van der Waals surface area contributed by atoms with Gasteiger partial charge in [-0.1, -0.05) is 36.0 Å². The molecule has 2 fully saturated rings. The molecule has 33 heavy (non-hydrogen) atoms. The van der Waals surface area contributed by atoms with Crippen molar-refractivity contribution < 1.29 is 14.7 Å². The monoisotopic (exact) mass is 491 g/mol. The van der Waals surface area contributed by atoms with E-state index in [0.717, 1.165) is 32.2 Å². The Labute approximate surface area is 202 Å². The lowest BCUT2D eigenvalue weighted by atomic mass is 9.91. The summed E-state index contributed by atoms with van der Waals surface area (Å²) in [5.74, 6) is -0.554. The number of nitrogens with zero attached hydrogens (tertiary/aromatic N) is 1. The number of H-pyrrole nitrogens is 1. The lowest BCUT2D eigenvalue weighted by Crippen LogP contribution is -2.51. The molecule has 1 aromatic heterocycles. The zero-order valence-electron chi connectivity index (χ0n) is 18.0. The van der Waals surface area contributed by atoms with E-state index in [0.29, 0.717) is 39.7 Å². The molecule has 1 aliphatic heterocycles. The third-order valence-corrected chi connectivity index (χ3v) is 6.86. The number of hydrogen-bond donors (Lipinski definition) is 5. The minimum absolute atomic E-state index is 0.108. The molecule has 0 radical (unpaired) electrons. The van der Waals surface area contributed by atoms with Gasteiger partial charge in [0.15, 0.2) is 0 Å². The zero-order valence-corrected chi connectivity index (χ0v) is 19.5. The Hall–Kier alpha value is -2.31. The first kappa shape index (κ1) is 23.8. The van der Waals surface area contributed by atoms with E-state index >= 15 is 0 Å². The van der Waals surface area contributed by atoms with Crippen molar-refractivity contribution in [1.29, 1.82) is 5.26 Å². The molecule has 5 N–H and O–H groups in total. The van der Waals surface area contributed by atoms with E-state index in [-0.39, 0.29) is 11.6 Å². The number of piperidine rings is 1. The van der Waals surface area contributed by atoms with Gasteiger partial charge in [0.2, 0.25) is 5.91 Å². The molecule has 176 valence electrons. The second-order valence-corrected chi connectivity index (χ2v) is 9.81. The van der Waals surface area contributed by atoms with Crippen LogP contribution in [-0.2, 0) is 4.79 Å². The SMILES string of the molecule is N#CC(CC1CCCNC1O)NC(=O)C(CC1CC1)NC(=O)c1cc2cc(Cl)cc(Cl)c2[nH]1. The van der Waals surface area contributed by atoms with Crippen molar-refractivity contribution in [3.05, 3.63) is 33.9 Å². The van der Waals surface area contributed by atoms with E-state index < -0.39 is 30.1 Å². The van der Waals surface area contributed by atoms with Crippen LogP contribution in [0.1, 0.15) is 49.0 Å². The second kappa shape index (κ2) is 10.3. The minimum atomic E-state index is -0.763. The second-order valence-electron chi connectivity index (χ2n) is 8.97. The first-order chi connectivity index (χ1) is 15.8. The minimum Gasteiger partial charge on any atom is -0.378 e. The summed E-state index contributed by atoms with van der Waals surface area (Å²) in [6, 6.07) is 5.55. The van der Waals surface area contributed by atoms with Gasteiger partial charge in [0.25, 0.3) is 5.91 Å². The number of fused-ring (bicyclic) bond motifs is 1. The number of nitrogens with one attached hydrogen (secondary N) is 4. The predicted octanol–water partition coefficient (Wildman–Crippen LogP) is 3.09. The number of nitriles is 1. The molecule has 4 unspecified atom stereocenters. The normalized spacial score (nSPS) is 22.4. The highest BCUT2D eigenvalue weighted by atomic mass is 35.5. The van der Waals surface area contributed by atoms with Crippen LogP contribution in [0.5, 0.6) is 0 Å². The average molecular weight is 492 g/mol. The van der Waals surface area contributed by atoms with Crippen LogP contribution in [0, 0.1) is 23.2 Å². The van der Waals surface area contributed by atoms with Crippen LogP contribution in [-0.4, -0.2) is 46.8 Å². The smallest absolute Gasteiger partial charge is 0.268 e. The molecule has 2 aliphatic rings. The van der Waals surface area contributed by atoms with Crippen LogP contribution < -0.4 is 16.0 Å². The number of rotatable bonds is 8. The average Bonchev–Trinajstić information content (AvgIpc) is 3.49. The van der Waals surface area contributed by atoms with E-state index in [1.54, 1.807) is 18.2 Å². The van der Waals surface area contributed by atoms with Crippen molar-refractivity contribution in [1.82, 2.24) is 20.9 Å². The molecular weight excluding hydrogens is 465 g/mol. The molecule has 2 amide bonds. The summed E-state index contributed by atoms with van der Waals surface area (Å²) in [5, 5.41) is 29.8. The molecule has 2 heterocycles. The van der Waals surface area contributed by atoms with Crippen LogP contribution >= 0.6 is 23.2 Å². The molecule has 0 spiro atoms. The maximum Gasteiger partial charge on any atom is 0.268 e. The summed E-state index contributed by atoms with van der Waals surface area (Å²) in [5.41, 5.74) is 0.870. The molecule has 1 aliphatic carbocycles. The number of carbonyl (C=O) groups is 2. The van der Waals surface area contributed by atoms with Crippen LogP contribution in [0.25, 0.3) is 10.9 Å². The van der Waals surface area contributed by atoms with Crippen molar-refractivity contribution in [2.45, 2.75) is 56.8 Å². The first-order valence-corrected chi connectivity index (χ1v) is 12.0. The van der Waals surface area contributed by atoms with Crippen LogP contribution in [0.3, 0.4) is 0 Å². The number of carbonyl (C=O) groups excluding carboxylic acids is 2. The Balaban J connectivity index is 1.43. The maximum absolute atomic E-state index is 13.0. The fourth-order valence-corrected chi connectivity index (χ4v) is 4.90. The van der Waals surface area contributed by atoms with Gasteiger partial charge >= 0.3 is 0 Å². The zero-order chi connectivity index (χ0) is 23.5. The quantitative estimate of drug-likeness (QED) is 0.387. The number of hydrogen-bond acceptors (Lipinski definition) is 5. The Morgan fingerprint density at radius 3 is 2.67 bits per heavy atom. The van der Waals surface area contributed by atoms with Crippen molar-refractivity contribution in [3.63, 3.8) is 0 Å². The summed E-state index contributed by atoms with van der Waals surface area (Å²) in [4.78, 5) is 29.0. The number of benzene rings is 1. The molecule has 1 saturated carbocycles. The Kier molecular flexibility index (Phi) is 7.45. The lowest BCUT2D eigenvalue weighted by molar-refractivity contribution is -0.123. The largest absolute Gasteiger partial charge is 0.378 e. The third-order valence-electron chi connectivity index (χ3n) is 6.34. The van der Waals surface area contributed by atoms with Gasteiger partial charge in [-0.05, 0) is 56.3 Å². The lowest BCUT2D eigenvalue weighted by Gasteiger charge is -2.30. The number of aromatic nitrogens is 1. The van der Waals surface area contributed by atoms with Gasteiger partial charge in [0.1, 0.15) is 24.0 Å². The van der Waals surface area contributed by atoms with Gasteiger partial charge in [-0.25, -0.2) is 0 Å². The molecule has 4 rings (SSSR count). The van der Waals surface area contributed by atoms with E-state index in [4.69, 9.17) is 23.2 Å². The predicted molar refractivity (Wildman–Crippen MR) is 126 cm³/mol. The van der Waals surface area contributed by atoms with E-state index in [9.17, 15) is 20.0 Å². The van der Waals surface area contributed by atoms with Gasteiger partial charge in [-0.15, -0.1) is 0 Å². The Morgan fingerprint density at radius 1 is 1.18 bits per heavy atom. The van der Waals surface area contributed by atoms with E-state index in [2.05, 4.69) is 27.0 Å².